The zero-order chi connectivity index (χ0) is 13.7. The standard InChI is InChI=1S/C15H16ClNOS/c1-11-4-2-3-5-14(11)18-8-9-19-15-10-12(17)6-7-13(15)16/h2-7,10H,8-9,17H2,1H3. The fraction of sp³-hybridized carbons (Fsp3) is 0.200. The molecule has 0 amide bonds. The van der Waals surface area contributed by atoms with E-state index in [9.17, 15) is 0 Å². The molecule has 0 saturated carbocycles. The second kappa shape index (κ2) is 6.73. The number of halogens is 1. The van der Waals surface area contributed by atoms with Gasteiger partial charge in [-0.05, 0) is 36.8 Å². The number of ether oxygens (including phenoxy) is 1. The molecule has 0 aliphatic rings. The van der Waals surface area contributed by atoms with Crippen LogP contribution in [0.1, 0.15) is 5.56 Å². The maximum atomic E-state index is 6.10. The number of aryl methyl sites for hydroxylation is 1. The number of hydrogen-bond donors (Lipinski definition) is 1. The summed E-state index contributed by atoms with van der Waals surface area (Å²) in [5.41, 5.74) is 7.62. The molecule has 0 saturated heterocycles. The van der Waals surface area contributed by atoms with Gasteiger partial charge in [-0.2, -0.15) is 0 Å². The number of benzene rings is 2. The SMILES string of the molecule is Cc1ccccc1OCCSc1cc(N)ccc1Cl. The number of para-hydroxylation sites is 1. The lowest BCUT2D eigenvalue weighted by Crippen LogP contribution is -2.01. The molecule has 0 spiro atoms. The van der Waals surface area contributed by atoms with E-state index in [-0.39, 0.29) is 0 Å². The Balaban J connectivity index is 1.84. The van der Waals surface area contributed by atoms with Crippen LogP contribution in [-0.4, -0.2) is 12.4 Å². The maximum absolute atomic E-state index is 6.10. The first-order valence-corrected chi connectivity index (χ1v) is 7.39. The van der Waals surface area contributed by atoms with Crippen molar-refractivity contribution >= 4 is 29.1 Å². The normalized spacial score (nSPS) is 10.4. The van der Waals surface area contributed by atoms with Crippen LogP contribution in [0.25, 0.3) is 0 Å². The van der Waals surface area contributed by atoms with E-state index in [0.29, 0.717) is 6.61 Å². The first kappa shape index (κ1) is 14.1. The van der Waals surface area contributed by atoms with Gasteiger partial charge in [0.2, 0.25) is 0 Å². The van der Waals surface area contributed by atoms with E-state index < -0.39 is 0 Å². The van der Waals surface area contributed by atoms with Crippen LogP contribution in [0.5, 0.6) is 5.75 Å². The van der Waals surface area contributed by atoms with E-state index in [4.69, 9.17) is 22.1 Å². The smallest absolute Gasteiger partial charge is 0.122 e. The first-order chi connectivity index (χ1) is 9.16. The van der Waals surface area contributed by atoms with Gasteiger partial charge in [0, 0.05) is 16.3 Å². The molecule has 2 aromatic rings. The number of nitrogen functional groups attached to an aromatic ring is 1. The summed E-state index contributed by atoms with van der Waals surface area (Å²) in [6, 6.07) is 13.5. The Morgan fingerprint density at radius 2 is 2.00 bits per heavy atom. The molecule has 0 aliphatic heterocycles. The highest BCUT2D eigenvalue weighted by atomic mass is 35.5. The summed E-state index contributed by atoms with van der Waals surface area (Å²) < 4.78 is 5.73. The second-order valence-corrected chi connectivity index (χ2v) is 5.70. The van der Waals surface area contributed by atoms with Gasteiger partial charge in [0.1, 0.15) is 5.75 Å². The molecule has 0 unspecified atom stereocenters. The van der Waals surface area contributed by atoms with Crippen LogP contribution in [0.15, 0.2) is 47.4 Å². The van der Waals surface area contributed by atoms with Crippen molar-refractivity contribution < 1.29 is 4.74 Å². The summed E-state index contributed by atoms with van der Waals surface area (Å²) in [4.78, 5) is 0.995. The summed E-state index contributed by atoms with van der Waals surface area (Å²) in [5, 5.41) is 0.732. The lowest BCUT2D eigenvalue weighted by molar-refractivity contribution is 0.341. The molecule has 2 nitrogen and oxygen atoms in total. The summed E-state index contributed by atoms with van der Waals surface area (Å²) in [7, 11) is 0. The molecule has 0 atom stereocenters. The third-order valence-corrected chi connectivity index (χ3v) is 4.11. The van der Waals surface area contributed by atoms with Crippen molar-refractivity contribution in [3.05, 3.63) is 53.1 Å². The van der Waals surface area contributed by atoms with Crippen molar-refractivity contribution in [1.29, 1.82) is 0 Å². The average Bonchev–Trinajstić information content (AvgIpc) is 2.40. The van der Waals surface area contributed by atoms with E-state index in [2.05, 4.69) is 0 Å². The zero-order valence-electron chi connectivity index (χ0n) is 10.7. The van der Waals surface area contributed by atoms with Gasteiger partial charge in [0.15, 0.2) is 0 Å². The van der Waals surface area contributed by atoms with Crippen LogP contribution in [0.3, 0.4) is 0 Å². The molecular weight excluding hydrogens is 278 g/mol. The van der Waals surface area contributed by atoms with Gasteiger partial charge in [-0.3, -0.25) is 0 Å². The van der Waals surface area contributed by atoms with Crippen molar-refractivity contribution in [3.8, 4) is 5.75 Å². The van der Waals surface area contributed by atoms with Crippen LogP contribution in [-0.2, 0) is 0 Å². The Morgan fingerprint density at radius 1 is 1.21 bits per heavy atom. The van der Waals surface area contributed by atoms with Crippen LogP contribution >= 0.6 is 23.4 Å². The fourth-order valence-electron chi connectivity index (χ4n) is 1.65. The summed E-state index contributed by atoms with van der Waals surface area (Å²) >= 11 is 7.75. The predicted molar refractivity (Wildman–Crippen MR) is 83.3 cm³/mol. The van der Waals surface area contributed by atoms with Crippen molar-refractivity contribution in [2.24, 2.45) is 0 Å². The van der Waals surface area contributed by atoms with Gasteiger partial charge in [0.25, 0.3) is 0 Å². The Hall–Kier alpha value is -1.32. The van der Waals surface area contributed by atoms with Gasteiger partial charge < -0.3 is 10.5 Å². The summed E-state index contributed by atoms with van der Waals surface area (Å²) in [6.45, 7) is 2.68. The number of nitrogens with two attached hydrogens (primary N) is 1. The first-order valence-electron chi connectivity index (χ1n) is 6.03. The van der Waals surface area contributed by atoms with Gasteiger partial charge in [-0.15, -0.1) is 11.8 Å². The van der Waals surface area contributed by atoms with Crippen LogP contribution < -0.4 is 10.5 Å². The Kier molecular flexibility index (Phi) is 5.00. The average molecular weight is 294 g/mol. The van der Waals surface area contributed by atoms with Crippen molar-refractivity contribution in [3.63, 3.8) is 0 Å². The number of rotatable bonds is 5. The molecule has 0 aromatic heterocycles. The second-order valence-electron chi connectivity index (χ2n) is 4.15. The molecule has 100 valence electrons. The molecule has 4 heteroatoms. The highest BCUT2D eigenvalue weighted by molar-refractivity contribution is 7.99. The molecule has 0 fully saturated rings. The minimum absolute atomic E-state index is 0.640. The molecule has 0 radical (unpaired) electrons. The monoisotopic (exact) mass is 293 g/mol. The van der Waals surface area contributed by atoms with Crippen molar-refractivity contribution in [2.75, 3.05) is 18.1 Å². The number of anilines is 1. The lowest BCUT2D eigenvalue weighted by Gasteiger charge is -2.09. The summed E-state index contributed by atoms with van der Waals surface area (Å²) in [6.07, 6.45) is 0. The quantitative estimate of drug-likeness (QED) is 0.504. The highest BCUT2D eigenvalue weighted by Crippen LogP contribution is 2.29. The molecule has 19 heavy (non-hydrogen) atoms. The molecule has 0 bridgehead atoms. The summed E-state index contributed by atoms with van der Waals surface area (Å²) in [5.74, 6) is 1.76. The minimum atomic E-state index is 0.640. The molecular formula is C15H16ClNOS. The Bertz CT molecular complexity index is 560. The fourth-order valence-corrected chi connectivity index (χ4v) is 2.75. The zero-order valence-corrected chi connectivity index (χ0v) is 12.3. The van der Waals surface area contributed by atoms with E-state index in [1.807, 2.05) is 43.3 Å². The largest absolute Gasteiger partial charge is 0.492 e. The third kappa shape index (κ3) is 4.08. The molecule has 0 heterocycles. The molecule has 0 aliphatic carbocycles. The highest BCUT2D eigenvalue weighted by Gasteiger charge is 2.02. The van der Waals surface area contributed by atoms with E-state index in [1.165, 1.54) is 0 Å². The Morgan fingerprint density at radius 3 is 2.79 bits per heavy atom. The van der Waals surface area contributed by atoms with Gasteiger partial charge >= 0.3 is 0 Å². The van der Waals surface area contributed by atoms with Crippen molar-refractivity contribution in [1.82, 2.24) is 0 Å². The molecule has 2 N–H and O–H groups in total. The van der Waals surface area contributed by atoms with Crippen LogP contribution in [0.2, 0.25) is 5.02 Å². The van der Waals surface area contributed by atoms with Crippen LogP contribution in [0, 0.1) is 6.92 Å². The third-order valence-electron chi connectivity index (χ3n) is 2.65. The van der Waals surface area contributed by atoms with E-state index in [0.717, 1.165) is 32.7 Å². The molecule has 2 aromatic carbocycles. The minimum Gasteiger partial charge on any atom is -0.492 e. The van der Waals surface area contributed by atoms with E-state index in [1.54, 1.807) is 17.8 Å². The van der Waals surface area contributed by atoms with Gasteiger partial charge in [0.05, 0.1) is 11.6 Å². The number of hydrogen-bond acceptors (Lipinski definition) is 3. The maximum Gasteiger partial charge on any atom is 0.122 e. The van der Waals surface area contributed by atoms with Gasteiger partial charge in [-0.25, -0.2) is 0 Å². The topological polar surface area (TPSA) is 35.2 Å². The predicted octanol–water partition coefficient (Wildman–Crippen LogP) is 4.40. The van der Waals surface area contributed by atoms with E-state index >= 15 is 0 Å². The number of thioether (sulfide) groups is 1. The Labute approximate surface area is 122 Å². The molecule has 2 rings (SSSR count). The van der Waals surface area contributed by atoms with Gasteiger partial charge in [-0.1, -0.05) is 29.8 Å². The van der Waals surface area contributed by atoms with Crippen LogP contribution in [0.4, 0.5) is 5.69 Å². The van der Waals surface area contributed by atoms with Crippen molar-refractivity contribution in [2.45, 2.75) is 11.8 Å². The lowest BCUT2D eigenvalue weighted by atomic mass is 10.2.